The van der Waals surface area contributed by atoms with Gasteiger partial charge in [0, 0.05) is 18.7 Å². The van der Waals surface area contributed by atoms with E-state index in [9.17, 15) is 9.59 Å². The van der Waals surface area contributed by atoms with Crippen LogP contribution in [0.3, 0.4) is 0 Å². The average Bonchev–Trinajstić information content (AvgIpc) is 3.20. The number of aliphatic carboxylic acids is 1. The van der Waals surface area contributed by atoms with Crippen LogP contribution in [0, 0.1) is 5.92 Å². The zero-order valence-corrected chi connectivity index (χ0v) is 14.8. The van der Waals surface area contributed by atoms with Crippen LogP contribution in [0.15, 0.2) is 40.8 Å². The van der Waals surface area contributed by atoms with Gasteiger partial charge < -0.3 is 14.4 Å². The van der Waals surface area contributed by atoms with Crippen molar-refractivity contribution >= 4 is 51.9 Å². The third-order valence-electron chi connectivity index (χ3n) is 4.34. The van der Waals surface area contributed by atoms with E-state index in [0.29, 0.717) is 38.3 Å². The number of carboxylic acid groups (broad SMARTS) is 1. The van der Waals surface area contributed by atoms with Crippen LogP contribution in [0.1, 0.15) is 6.42 Å². The molecule has 1 N–H and O–H groups in total. The molecule has 1 saturated heterocycles. The summed E-state index contributed by atoms with van der Waals surface area (Å²) in [6, 6.07) is 10.3. The summed E-state index contributed by atoms with van der Waals surface area (Å²) >= 11 is 12.3. The van der Waals surface area contributed by atoms with Crippen LogP contribution in [0.2, 0.25) is 10.0 Å². The van der Waals surface area contributed by atoms with Gasteiger partial charge in [-0.05, 0) is 30.3 Å². The molecule has 1 aliphatic rings. The fourth-order valence-corrected chi connectivity index (χ4v) is 3.37. The van der Waals surface area contributed by atoms with Gasteiger partial charge in [0.2, 0.25) is 11.8 Å². The normalized spacial score (nSPS) is 17.2. The number of halogens is 2. The molecule has 3 aromatic rings. The number of benzene rings is 2. The number of carbonyl (C=O) groups excluding carboxylic acids is 1. The molecule has 0 spiro atoms. The van der Waals surface area contributed by atoms with Gasteiger partial charge in [0.25, 0.3) is 0 Å². The smallest absolute Gasteiger partial charge is 0.308 e. The fraction of sp³-hybridized carbons (Fsp3) is 0.167. The molecule has 26 heavy (non-hydrogen) atoms. The molecule has 1 aromatic heterocycles. The molecule has 6 nitrogen and oxygen atoms in total. The van der Waals surface area contributed by atoms with Gasteiger partial charge in [-0.15, -0.1) is 0 Å². The molecule has 1 aliphatic heterocycles. The van der Waals surface area contributed by atoms with Crippen LogP contribution in [-0.4, -0.2) is 28.5 Å². The molecule has 0 saturated carbocycles. The van der Waals surface area contributed by atoms with Gasteiger partial charge in [-0.25, -0.2) is 4.98 Å². The molecule has 1 atom stereocenters. The predicted molar refractivity (Wildman–Crippen MR) is 97.6 cm³/mol. The molecule has 0 radical (unpaired) electrons. The van der Waals surface area contributed by atoms with Crippen molar-refractivity contribution in [1.82, 2.24) is 4.98 Å². The highest BCUT2D eigenvalue weighted by atomic mass is 35.5. The fourth-order valence-electron chi connectivity index (χ4n) is 2.99. The number of hydrogen-bond donors (Lipinski definition) is 1. The van der Waals surface area contributed by atoms with E-state index in [-0.39, 0.29) is 18.9 Å². The van der Waals surface area contributed by atoms with Crippen LogP contribution in [0.25, 0.3) is 22.6 Å². The van der Waals surface area contributed by atoms with E-state index in [1.807, 2.05) is 0 Å². The molecule has 8 heteroatoms. The second kappa shape index (κ2) is 6.30. The Hall–Kier alpha value is -2.57. The maximum Gasteiger partial charge on any atom is 0.308 e. The highest BCUT2D eigenvalue weighted by Crippen LogP contribution is 2.35. The second-order valence-corrected chi connectivity index (χ2v) is 6.80. The van der Waals surface area contributed by atoms with Gasteiger partial charge in [0.05, 0.1) is 21.5 Å². The van der Waals surface area contributed by atoms with Crippen molar-refractivity contribution in [3.63, 3.8) is 0 Å². The maximum absolute atomic E-state index is 12.1. The Morgan fingerprint density at radius 2 is 2.08 bits per heavy atom. The summed E-state index contributed by atoms with van der Waals surface area (Å²) in [7, 11) is 0. The van der Waals surface area contributed by atoms with Crippen molar-refractivity contribution in [2.45, 2.75) is 6.42 Å². The zero-order chi connectivity index (χ0) is 18.4. The van der Waals surface area contributed by atoms with Crippen molar-refractivity contribution in [3.05, 3.63) is 46.4 Å². The standard InChI is InChI=1S/C18H12Cl2N2O4/c19-12-3-1-2-11(16(12)20)17-21-13-7-10(4-5-14(13)26-17)22-8-9(18(24)25)6-15(22)23/h1-5,7,9H,6,8H2,(H,24,25)/t9-/m1/s1. The van der Waals surface area contributed by atoms with Crippen molar-refractivity contribution in [1.29, 1.82) is 0 Å². The topological polar surface area (TPSA) is 83.6 Å². The molecule has 0 unspecified atom stereocenters. The van der Waals surface area contributed by atoms with Crippen molar-refractivity contribution < 1.29 is 19.1 Å². The third-order valence-corrected chi connectivity index (χ3v) is 5.16. The summed E-state index contributed by atoms with van der Waals surface area (Å²) in [5, 5.41) is 9.86. The number of oxazole rings is 1. The molecule has 0 bridgehead atoms. The SMILES string of the molecule is O=C(O)[C@@H]1CC(=O)N(c2ccc3oc(-c4cccc(Cl)c4Cl)nc3c2)C1. The molecule has 2 heterocycles. The van der Waals surface area contributed by atoms with E-state index < -0.39 is 11.9 Å². The van der Waals surface area contributed by atoms with Crippen LogP contribution >= 0.6 is 23.2 Å². The van der Waals surface area contributed by atoms with Crippen LogP contribution < -0.4 is 4.90 Å². The molecule has 132 valence electrons. The summed E-state index contributed by atoms with van der Waals surface area (Å²) in [5.74, 6) is -1.57. The Morgan fingerprint density at radius 1 is 1.27 bits per heavy atom. The summed E-state index contributed by atoms with van der Waals surface area (Å²) in [4.78, 5) is 29.1. The molecule has 2 aromatic carbocycles. The number of fused-ring (bicyclic) bond motifs is 1. The first-order valence-electron chi connectivity index (χ1n) is 7.82. The lowest BCUT2D eigenvalue weighted by Crippen LogP contribution is -2.25. The van der Waals surface area contributed by atoms with Gasteiger partial charge in [-0.1, -0.05) is 29.3 Å². The Labute approximate surface area is 157 Å². The second-order valence-electron chi connectivity index (χ2n) is 6.02. The lowest BCUT2D eigenvalue weighted by atomic mass is 10.1. The Morgan fingerprint density at radius 3 is 2.81 bits per heavy atom. The Bertz CT molecular complexity index is 1050. The number of nitrogens with zero attached hydrogens (tertiary/aromatic N) is 2. The monoisotopic (exact) mass is 390 g/mol. The number of carbonyl (C=O) groups is 2. The Kier molecular flexibility index (Phi) is 4.09. The summed E-state index contributed by atoms with van der Waals surface area (Å²) in [5.41, 5.74) is 2.23. The molecule has 4 rings (SSSR count). The Balaban J connectivity index is 1.72. The van der Waals surface area contributed by atoms with E-state index >= 15 is 0 Å². The van der Waals surface area contributed by atoms with Gasteiger partial charge >= 0.3 is 5.97 Å². The number of carboxylic acids is 1. The lowest BCUT2D eigenvalue weighted by molar-refractivity contribution is -0.141. The minimum Gasteiger partial charge on any atom is -0.481 e. The van der Waals surface area contributed by atoms with Crippen molar-refractivity contribution in [2.75, 3.05) is 11.4 Å². The molecule has 1 fully saturated rings. The van der Waals surface area contributed by atoms with E-state index in [1.165, 1.54) is 4.90 Å². The van der Waals surface area contributed by atoms with Gasteiger partial charge in [-0.3, -0.25) is 9.59 Å². The molecule has 0 aliphatic carbocycles. The quantitative estimate of drug-likeness (QED) is 0.722. The van der Waals surface area contributed by atoms with Gasteiger partial charge in [-0.2, -0.15) is 0 Å². The first kappa shape index (κ1) is 16.9. The van der Waals surface area contributed by atoms with Gasteiger partial charge in [0.15, 0.2) is 5.58 Å². The minimum absolute atomic E-state index is 0.00441. The molecular formula is C18H12Cl2N2O4. The zero-order valence-electron chi connectivity index (χ0n) is 13.3. The summed E-state index contributed by atoms with van der Waals surface area (Å²) < 4.78 is 5.74. The minimum atomic E-state index is -0.971. The lowest BCUT2D eigenvalue weighted by Gasteiger charge is -2.15. The van der Waals surface area contributed by atoms with E-state index in [4.69, 9.17) is 32.7 Å². The summed E-state index contributed by atoms with van der Waals surface area (Å²) in [6.45, 7) is 0.143. The third kappa shape index (κ3) is 2.81. The number of rotatable bonds is 3. The largest absolute Gasteiger partial charge is 0.481 e. The van der Waals surface area contributed by atoms with Crippen LogP contribution in [-0.2, 0) is 9.59 Å². The van der Waals surface area contributed by atoms with E-state index in [2.05, 4.69) is 4.98 Å². The highest BCUT2D eigenvalue weighted by molar-refractivity contribution is 6.43. The first-order valence-corrected chi connectivity index (χ1v) is 8.58. The predicted octanol–water partition coefficient (Wildman–Crippen LogP) is 4.24. The van der Waals surface area contributed by atoms with Crippen LogP contribution in [0.5, 0.6) is 0 Å². The number of hydrogen-bond acceptors (Lipinski definition) is 4. The highest BCUT2D eigenvalue weighted by Gasteiger charge is 2.35. The maximum atomic E-state index is 12.1. The number of anilines is 1. The number of amides is 1. The molecule has 1 amide bonds. The van der Waals surface area contributed by atoms with Gasteiger partial charge in [0.1, 0.15) is 5.52 Å². The first-order chi connectivity index (χ1) is 12.4. The van der Waals surface area contributed by atoms with Crippen LogP contribution in [0.4, 0.5) is 5.69 Å². The van der Waals surface area contributed by atoms with E-state index in [0.717, 1.165) is 0 Å². The van der Waals surface area contributed by atoms with Crippen molar-refractivity contribution in [3.8, 4) is 11.5 Å². The van der Waals surface area contributed by atoms with E-state index in [1.54, 1.807) is 36.4 Å². The average molecular weight is 391 g/mol. The summed E-state index contributed by atoms with van der Waals surface area (Å²) in [6.07, 6.45) is -0.00441. The molecular weight excluding hydrogens is 379 g/mol. The van der Waals surface area contributed by atoms with Crippen molar-refractivity contribution in [2.24, 2.45) is 5.92 Å². The number of aromatic nitrogens is 1.